The molecule has 0 spiro atoms. The Labute approximate surface area is 403 Å². The number of ether oxygens (including phenoxy) is 2. The Balaban J connectivity index is 1.14. The number of carbonyl (C=O) groups excluding carboxylic acids is 4. The van der Waals surface area contributed by atoms with Crippen molar-refractivity contribution < 1.29 is 28.7 Å². The monoisotopic (exact) mass is 953 g/mol. The summed E-state index contributed by atoms with van der Waals surface area (Å²) in [6.07, 6.45) is 11.8. The fourth-order valence-electron chi connectivity index (χ4n) is 11.4. The van der Waals surface area contributed by atoms with Crippen LogP contribution in [-0.2, 0) is 9.47 Å². The summed E-state index contributed by atoms with van der Waals surface area (Å²) in [5.74, 6) is 1.60. The van der Waals surface area contributed by atoms with Gasteiger partial charge in [0.1, 0.15) is 0 Å². The molecule has 18 heteroatoms. The van der Waals surface area contributed by atoms with Gasteiger partial charge in [-0.05, 0) is 111 Å². The average molecular weight is 953 g/mol. The van der Waals surface area contributed by atoms with Crippen LogP contribution in [0.4, 0.5) is 31.1 Å². The first kappa shape index (κ1) is 55.4. The number of hydrogen-bond acceptors (Lipinski definition) is 10. The quantitative estimate of drug-likeness (QED) is 0.0556. The van der Waals surface area contributed by atoms with Gasteiger partial charge in [0, 0.05) is 48.7 Å². The molecule has 2 aliphatic carbocycles. The lowest BCUT2D eigenvalue weighted by Gasteiger charge is -2.46. The molecule has 0 aromatic carbocycles. The predicted octanol–water partition coefficient (Wildman–Crippen LogP) is 9.06. The van der Waals surface area contributed by atoms with Crippen LogP contribution < -0.4 is 43.0 Å². The Hall–Kier alpha value is -5.16. The van der Waals surface area contributed by atoms with Gasteiger partial charge in [-0.15, -0.1) is 0 Å². The summed E-state index contributed by atoms with van der Waals surface area (Å²) in [6.45, 7) is 24.4. The molecule has 2 aromatic heterocycles. The second-order valence-corrected chi connectivity index (χ2v) is 22.4. The molecule has 2 saturated carbocycles. The van der Waals surface area contributed by atoms with E-state index in [1.807, 2.05) is 0 Å². The molecule has 2 heterocycles. The molecule has 0 saturated heterocycles. The molecule has 8 N–H and O–H groups in total. The van der Waals surface area contributed by atoms with E-state index in [-0.39, 0.29) is 56.8 Å². The molecule has 0 bridgehead atoms. The standard InChI is InChI=1S/C50H84N10O8/c1-12-34(17-19-67-45(65)55-37-24-47(6,7)28-49(10,26-37)30-51-43(63)59-41-53-32(4)21-39(61)57-41)15-16-35(13-2)23-36(14-3)18-20-68-46(66)56-38-25-48(8,9)29-50(11,27-38)31-52-44(64)60-42-54-33(5)22-40(62)58-42/h21-22,34-38H,12-20,23-31H2,1-11H3,(H,55,65)(H,56,66)(H3,51,53,57,59,61,63)(H3,52,54,58,60,62,64). The predicted molar refractivity (Wildman–Crippen MR) is 266 cm³/mol. The lowest BCUT2D eigenvalue weighted by Crippen LogP contribution is -2.51. The van der Waals surface area contributed by atoms with Crippen molar-refractivity contribution in [3.8, 4) is 0 Å². The molecule has 7 unspecified atom stereocenters. The molecule has 68 heavy (non-hydrogen) atoms. The summed E-state index contributed by atoms with van der Waals surface area (Å²) >= 11 is 0. The van der Waals surface area contributed by atoms with Crippen molar-refractivity contribution in [2.24, 2.45) is 39.4 Å². The zero-order chi connectivity index (χ0) is 50.3. The van der Waals surface area contributed by atoms with E-state index in [1.165, 1.54) is 12.1 Å². The van der Waals surface area contributed by atoms with E-state index in [0.29, 0.717) is 68.3 Å². The first-order chi connectivity index (χ1) is 31.9. The van der Waals surface area contributed by atoms with Gasteiger partial charge in [-0.3, -0.25) is 30.2 Å². The van der Waals surface area contributed by atoms with Gasteiger partial charge in [0.2, 0.25) is 11.9 Å². The highest BCUT2D eigenvalue weighted by molar-refractivity contribution is 5.87. The lowest BCUT2D eigenvalue weighted by atomic mass is 9.62. The normalized spacial score (nSPS) is 23.2. The van der Waals surface area contributed by atoms with Crippen LogP contribution in [0.15, 0.2) is 21.7 Å². The molecule has 6 amide bonds. The Kier molecular flexibility index (Phi) is 20.3. The maximum atomic E-state index is 13.1. The number of nitrogens with one attached hydrogen (secondary N) is 8. The molecular formula is C50H84N10O8. The van der Waals surface area contributed by atoms with Gasteiger partial charge < -0.3 is 30.7 Å². The minimum Gasteiger partial charge on any atom is -0.450 e. The molecular weight excluding hydrogens is 869 g/mol. The fraction of sp³-hybridized carbons (Fsp3) is 0.760. The molecule has 7 atom stereocenters. The molecule has 4 rings (SSSR count). The summed E-state index contributed by atoms with van der Waals surface area (Å²) in [6, 6.07) is 1.58. The molecule has 0 aliphatic heterocycles. The van der Waals surface area contributed by atoms with Crippen LogP contribution in [0.25, 0.3) is 0 Å². The Morgan fingerprint density at radius 2 is 1.00 bits per heavy atom. The minimum absolute atomic E-state index is 0.0695. The van der Waals surface area contributed by atoms with E-state index in [1.54, 1.807) is 13.8 Å². The van der Waals surface area contributed by atoms with Crippen molar-refractivity contribution in [1.29, 1.82) is 0 Å². The van der Waals surface area contributed by atoms with E-state index < -0.39 is 24.2 Å². The number of rotatable bonds is 22. The van der Waals surface area contributed by atoms with Crippen LogP contribution in [0.3, 0.4) is 0 Å². The van der Waals surface area contributed by atoms with Gasteiger partial charge in [-0.25, -0.2) is 29.1 Å². The zero-order valence-electron chi connectivity index (χ0n) is 42.9. The first-order valence-electron chi connectivity index (χ1n) is 25.0. The largest absolute Gasteiger partial charge is 0.450 e. The van der Waals surface area contributed by atoms with Gasteiger partial charge in [0.15, 0.2) is 0 Å². The number of aromatic amines is 2. The van der Waals surface area contributed by atoms with Gasteiger partial charge in [-0.1, -0.05) is 94.4 Å². The highest BCUT2D eigenvalue weighted by Crippen LogP contribution is 2.47. The number of aromatic nitrogens is 4. The Bertz CT molecular complexity index is 2110. The van der Waals surface area contributed by atoms with Crippen molar-refractivity contribution in [2.75, 3.05) is 36.9 Å². The van der Waals surface area contributed by atoms with Gasteiger partial charge in [0.05, 0.1) is 13.2 Å². The smallest absolute Gasteiger partial charge is 0.407 e. The number of aryl methyl sites for hydroxylation is 2. The summed E-state index contributed by atoms with van der Waals surface area (Å²) in [4.78, 5) is 88.5. The number of nitrogens with zero attached hydrogens (tertiary/aromatic N) is 2. The van der Waals surface area contributed by atoms with Gasteiger partial charge >= 0.3 is 24.2 Å². The van der Waals surface area contributed by atoms with Crippen molar-refractivity contribution >= 4 is 36.1 Å². The third-order valence-electron chi connectivity index (χ3n) is 14.0. The Morgan fingerprint density at radius 3 is 1.40 bits per heavy atom. The first-order valence-corrected chi connectivity index (χ1v) is 25.0. The van der Waals surface area contributed by atoms with Gasteiger partial charge in [0.25, 0.3) is 11.1 Å². The summed E-state index contributed by atoms with van der Waals surface area (Å²) in [5.41, 5.74) is -0.373. The van der Waals surface area contributed by atoms with Gasteiger partial charge in [-0.2, -0.15) is 0 Å². The number of amides is 6. The van der Waals surface area contributed by atoms with Crippen molar-refractivity contribution in [3.63, 3.8) is 0 Å². The summed E-state index contributed by atoms with van der Waals surface area (Å²) in [5, 5.41) is 17.3. The molecule has 382 valence electrons. The van der Waals surface area contributed by atoms with E-state index >= 15 is 0 Å². The summed E-state index contributed by atoms with van der Waals surface area (Å²) < 4.78 is 11.5. The lowest BCUT2D eigenvalue weighted by molar-refractivity contribution is 0.0650. The van der Waals surface area contributed by atoms with Crippen molar-refractivity contribution in [3.05, 3.63) is 44.2 Å². The van der Waals surface area contributed by atoms with Crippen molar-refractivity contribution in [2.45, 2.75) is 178 Å². The molecule has 2 fully saturated rings. The average Bonchev–Trinajstić information content (AvgIpc) is 3.20. The second-order valence-electron chi connectivity index (χ2n) is 22.4. The number of anilines is 2. The highest BCUT2D eigenvalue weighted by atomic mass is 16.6. The molecule has 2 aromatic rings. The highest BCUT2D eigenvalue weighted by Gasteiger charge is 2.43. The topological polar surface area (TPSA) is 250 Å². The number of hydrogen-bond donors (Lipinski definition) is 8. The molecule has 0 radical (unpaired) electrons. The van der Waals surface area contributed by atoms with Crippen molar-refractivity contribution in [1.82, 2.24) is 41.2 Å². The number of carbonyl (C=O) groups is 4. The molecule has 2 aliphatic rings. The van der Waals surface area contributed by atoms with Crippen LogP contribution in [0.2, 0.25) is 0 Å². The maximum Gasteiger partial charge on any atom is 0.407 e. The van der Waals surface area contributed by atoms with Crippen LogP contribution in [0.5, 0.6) is 0 Å². The summed E-state index contributed by atoms with van der Waals surface area (Å²) in [7, 11) is 0. The third kappa shape index (κ3) is 19.4. The van der Waals surface area contributed by atoms with Crippen LogP contribution >= 0.6 is 0 Å². The van der Waals surface area contributed by atoms with Crippen LogP contribution in [-0.4, -0.2) is 82.6 Å². The third-order valence-corrected chi connectivity index (χ3v) is 14.0. The number of alkyl carbamates (subject to hydrolysis) is 2. The minimum atomic E-state index is -0.458. The zero-order valence-corrected chi connectivity index (χ0v) is 42.9. The van der Waals surface area contributed by atoms with E-state index in [4.69, 9.17) is 9.47 Å². The number of H-pyrrole nitrogens is 2. The second kappa shape index (κ2) is 24.9. The fourth-order valence-corrected chi connectivity index (χ4v) is 11.4. The van der Waals surface area contributed by atoms with Crippen LogP contribution in [0.1, 0.15) is 164 Å². The van der Waals surface area contributed by atoms with E-state index in [0.717, 1.165) is 77.0 Å². The van der Waals surface area contributed by atoms with E-state index in [2.05, 4.69) is 114 Å². The Morgan fingerprint density at radius 1 is 0.618 bits per heavy atom. The van der Waals surface area contributed by atoms with Crippen LogP contribution in [0, 0.1) is 53.3 Å². The number of urea groups is 2. The molecule has 18 nitrogen and oxygen atoms in total. The maximum absolute atomic E-state index is 13.1. The van der Waals surface area contributed by atoms with E-state index in [9.17, 15) is 28.8 Å². The SMILES string of the molecule is CCC(CCOC(=O)NC1CC(C)(C)CC(C)(CNC(=O)Nc2nc(C)cc(=O)[nH]2)C1)CCC(CC)CC(CC)CCOC(=O)NC1CC(C)(C)CC(C)(CNC(=O)Nc2nc(C)cc(=O)[nH]2)C1.